The van der Waals surface area contributed by atoms with Crippen LogP contribution in [-0.4, -0.2) is 37.2 Å². The lowest BCUT2D eigenvalue weighted by Crippen LogP contribution is -2.30. The van der Waals surface area contributed by atoms with Crippen molar-refractivity contribution in [2.24, 2.45) is 0 Å². The maximum atomic E-state index is 12.8. The molecule has 0 radical (unpaired) electrons. The molecule has 6 heteroatoms. The molecule has 0 aromatic heterocycles. The Kier molecular flexibility index (Phi) is 50.9. The van der Waals surface area contributed by atoms with Gasteiger partial charge in [-0.15, -0.1) is 0 Å². The number of rotatable bonds is 49. The molecule has 0 heterocycles. The quantitative estimate of drug-likeness (QED) is 0.0262. The maximum Gasteiger partial charge on any atom is 0.306 e. The van der Waals surface area contributed by atoms with Crippen LogP contribution in [0, 0.1) is 0 Å². The number of carbonyl (C=O) groups is 3. The summed E-state index contributed by atoms with van der Waals surface area (Å²) < 4.78 is 16.8. The molecule has 0 aliphatic heterocycles. The van der Waals surface area contributed by atoms with Crippen molar-refractivity contribution in [2.75, 3.05) is 13.2 Å². The average molecular weight is 907 g/mol. The normalized spacial score (nSPS) is 12.6. The Morgan fingerprint density at radius 2 is 0.600 bits per heavy atom. The van der Waals surface area contributed by atoms with E-state index in [4.69, 9.17) is 14.2 Å². The van der Waals surface area contributed by atoms with E-state index >= 15 is 0 Å². The molecular weight excluding hydrogens is 805 g/mol. The van der Waals surface area contributed by atoms with Crippen molar-refractivity contribution >= 4 is 17.9 Å². The minimum atomic E-state index is -0.802. The van der Waals surface area contributed by atoms with Crippen LogP contribution in [0.2, 0.25) is 0 Å². The standard InChI is InChI=1S/C59H102O6/c1-4-7-10-13-16-19-22-25-27-28-29-30-32-35-37-40-43-46-49-52-58(61)64-55-56(65-59(62)53-50-47-44-41-38-33-24-21-18-15-12-9-6-3)54-63-57(60)51-48-45-42-39-36-34-31-26-23-20-17-14-11-8-5-2/h7,10,16,19,25,27,29-30,35,37,43,46,56H,4-6,8-9,11-15,17-18,20-24,26,28,31-34,36,38-42,44-45,47-55H2,1-3H3/b10-7-,19-16-,27-25-,30-29-,37-35-,46-43-/t56-/m0/s1. The Morgan fingerprint density at radius 1 is 0.323 bits per heavy atom. The Hall–Kier alpha value is -3.15. The molecule has 0 amide bonds. The van der Waals surface area contributed by atoms with Crippen LogP contribution in [0.25, 0.3) is 0 Å². The van der Waals surface area contributed by atoms with E-state index in [9.17, 15) is 14.4 Å². The first kappa shape index (κ1) is 61.9. The van der Waals surface area contributed by atoms with Crippen molar-refractivity contribution in [1.82, 2.24) is 0 Å². The fraction of sp³-hybridized carbons (Fsp3) is 0.746. The van der Waals surface area contributed by atoms with E-state index in [0.717, 1.165) is 77.0 Å². The van der Waals surface area contributed by atoms with E-state index in [1.807, 2.05) is 6.08 Å². The fourth-order valence-corrected chi connectivity index (χ4v) is 7.65. The van der Waals surface area contributed by atoms with Gasteiger partial charge >= 0.3 is 17.9 Å². The Morgan fingerprint density at radius 3 is 0.938 bits per heavy atom. The van der Waals surface area contributed by atoms with Crippen molar-refractivity contribution in [2.45, 2.75) is 271 Å². The molecule has 0 fully saturated rings. The zero-order valence-electron chi connectivity index (χ0n) is 42.7. The van der Waals surface area contributed by atoms with Gasteiger partial charge in [0.05, 0.1) is 0 Å². The molecule has 0 rings (SSSR count). The van der Waals surface area contributed by atoms with E-state index in [-0.39, 0.29) is 37.5 Å². The molecule has 0 unspecified atom stereocenters. The molecule has 0 aromatic carbocycles. The first-order valence-electron chi connectivity index (χ1n) is 27.4. The third-order valence-electron chi connectivity index (χ3n) is 11.7. The van der Waals surface area contributed by atoms with Crippen LogP contribution < -0.4 is 0 Å². The highest BCUT2D eigenvalue weighted by molar-refractivity contribution is 5.71. The zero-order valence-corrected chi connectivity index (χ0v) is 42.7. The summed E-state index contributed by atoms with van der Waals surface area (Å²) in [6, 6.07) is 0. The van der Waals surface area contributed by atoms with Crippen LogP contribution in [0.1, 0.15) is 265 Å². The van der Waals surface area contributed by atoms with Crippen molar-refractivity contribution in [3.8, 4) is 0 Å². The third-order valence-corrected chi connectivity index (χ3v) is 11.7. The second-order valence-electron chi connectivity index (χ2n) is 18.1. The molecule has 0 aliphatic rings. The highest BCUT2D eigenvalue weighted by atomic mass is 16.6. The van der Waals surface area contributed by atoms with Gasteiger partial charge in [0.1, 0.15) is 13.2 Å². The largest absolute Gasteiger partial charge is 0.462 e. The highest BCUT2D eigenvalue weighted by Crippen LogP contribution is 2.16. The number of allylic oxidation sites excluding steroid dienone is 12. The summed E-state index contributed by atoms with van der Waals surface area (Å²) in [5.74, 6) is -0.974. The van der Waals surface area contributed by atoms with Gasteiger partial charge in [-0.1, -0.05) is 261 Å². The SMILES string of the molecule is CC/C=C\C/C=C\C/C=C\C/C=C\C/C=C\C/C=C\CCC(=O)OC[C@H](COC(=O)CCCCCCCCCCCCCCCCC)OC(=O)CCCCCCCCCCCCCCC. The van der Waals surface area contributed by atoms with Crippen LogP contribution in [0.4, 0.5) is 0 Å². The summed E-state index contributed by atoms with van der Waals surface area (Å²) in [5, 5.41) is 0. The Balaban J connectivity index is 4.46. The number of unbranched alkanes of at least 4 members (excludes halogenated alkanes) is 26. The summed E-state index contributed by atoms with van der Waals surface area (Å²) in [7, 11) is 0. The molecule has 0 N–H and O–H groups in total. The van der Waals surface area contributed by atoms with E-state index in [1.165, 1.54) is 141 Å². The highest BCUT2D eigenvalue weighted by Gasteiger charge is 2.19. The van der Waals surface area contributed by atoms with E-state index in [2.05, 4.69) is 87.6 Å². The first-order valence-corrected chi connectivity index (χ1v) is 27.4. The Bertz CT molecular complexity index is 1230. The topological polar surface area (TPSA) is 78.9 Å². The van der Waals surface area contributed by atoms with E-state index in [1.54, 1.807) is 0 Å². The predicted octanol–water partition coefficient (Wildman–Crippen LogP) is 18.2. The summed E-state index contributed by atoms with van der Waals surface area (Å²) in [4.78, 5) is 38.0. The lowest BCUT2D eigenvalue weighted by molar-refractivity contribution is -0.166. The molecule has 0 aromatic rings. The number of carbonyl (C=O) groups excluding carboxylic acids is 3. The Labute approximate surface area is 402 Å². The molecule has 1 atom stereocenters. The van der Waals surface area contributed by atoms with Crippen LogP contribution >= 0.6 is 0 Å². The minimum Gasteiger partial charge on any atom is -0.462 e. The van der Waals surface area contributed by atoms with E-state index < -0.39 is 6.10 Å². The van der Waals surface area contributed by atoms with Gasteiger partial charge in [-0.05, 0) is 57.8 Å². The number of hydrogen-bond acceptors (Lipinski definition) is 6. The lowest BCUT2D eigenvalue weighted by atomic mass is 10.0. The molecule has 6 nitrogen and oxygen atoms in total. The summed E-state index contributed by atoms with van der Waals surface area (Å²) in [5.41, 5.74) is 0. The smallest absolute Gasteiger partial charge is 0.306 e. The summed E-state index contributed by atoms with van der Waals surface area (Å²) in [6.07, 6.45) is 67.5. The van der Waals surface area contributed by atoms with Gasteiger partial charge in [0, 0.05) is 19.3 Å². The van der Waals surface area contributed by atoms with Gasteiger partial charge in [-0.3, -0.25) is 14.4 Å². The second kappa shape index (κ2) is 53.5. The fourth-order valence-electron chi connectivity index (χ4n) is 7.65. The van der Waals surface area contributed by atoms with Crippen LogP contribution in [0.15, 0.2) is 72.9 Å². The summed E-state index contributed by atoms with van der Waals surface area (Å²) >= 11 is 0. The van der Waals surface area contributed by atoms with Crippen LogP contribution in [0.3, 0.4) is 0 Å². The predicted molar refractivity (Wildman–Crippen MR) is 279 cm³/mol. The van der Waals surface area contributed by atoms with Crippen molar-refractivity contribution < 1.29 is 28.6 Å². The van der Waals surface area contributed by atoms with Crippen LogP contribution in [-0.2, 0) is 28.6 Å². The summed E-state index contributed by atoms with van der Waals surface area (Å²) in [6.45, 7) is 6.48. The maximum absolute atomic E-state index is 12.8. The van der Waals surface area contributed by atoms with Gasteiger partial charge in [0.25, 0.3) is 0 Å². The van der Waals surface area contributed by atoms with Gasteiger partial charge < -0.3 is 14.2 Å². The molecular formula is C59H102O6. The number of ether oxygens (including phenoxy) is 3. The van der Waals surface area contributed by atoms with Gasteiger partial charge in [-0.25, -0.2) is 0 Å². The average Bonchev–Trinajstić information content (AvgIpc) is 3.30. The third kappa shape index (κ3) is 51.7. The van der Waals surface area contributed by atoms with Gasteiger partial charge in [0.2, 0.25) is 0 Å². The minimum absolute atomic E-state index is 0.0949. The lowest BCUT2D eigenvalue weighted by Gasteiger charge is -2.18. The van der Waals surface area contributed by atoms with Gasteiger partial charge in [0.15, 0.2) is 6.10 Å². The second-order valence-corrected chi connectivity index (χ2v) is 18.1. The van der Waals surface area contributed by atoms with Crippen molar-refractivity contribution in [3.63, 3.8) is 0 Å². The first-order chi connectivity index (χ1) is 32.0. The molecule has 0 saturated heterocycles. The molecule has 0 saturated carbocycles. The molecule has 0 aliphatic carbocycles. The van der Waals surface area contributed by atoms with Gasteiger partial charge in [-0.2, -0.15) is 0 Å². The van der Waals surface area contributed by atoms with E-state index in [0.29, 0.717) is 19.3 Å². The number of esters is 3. The van der Waals surface area contributed by atoms with Crippen LogP contribution in [0.5, 0.6) is 0 Å². The molecule has 65 heavy (non-hydrogen) atoms. The molecule has 0 bridgehead atoms. The number of hydrogen-bond donors (Lipinski definition) is 0. The molecule has 0 spiro atoms. The monoisotopic (exact) mass is 907 g/mol. The molecule has 374 valence electrons. The zero-order chi connectivity index (χ0) is 47.2. The van der Waals surface area contributed by atoms with Crippen molar-refractivity contribution in [3.05, 3.63) is 72.9 Å². The van der Waals surface area contributed by atoms with Crippen molar-refractivity contribution in [1.29, 1.82) is 0 Å².